The molecule has 5 nitrogen and oxygen atoms in total. The maximum Gasteiger partial charge on any atom is 0.528 e. The third-order valence-corrected chi connectivity index (χ3v) is 6.34. The van der Waals surface area contributed by atoms with Crippen molar-refractivity contribution in [1.82, 2.24) is 0 Å². The largest absolute Gasteiger partial charge is 0.528 e. The second-order valence-corrected chi connectivity index (χ2v) is 8.20. The first-order chi connectivity index (χ1) is 13.4. The molecule has 0 heterocycles. The van der Waals surface area contributed by atoms with Crippen LogP contribution >= 0.6 is 0 Å². The first-order valence-corrected chi connectivity index (χ1v) is 11.4. The first kappa shape index (κ1) is 26.0. The van der Waals surface area contributed by atoms with Crippen molar-refractivity contribution in [2.45, 2.75) is 34.1 Å². The molecule has 0 saturated heterocycles. The Morgan fingerprint density at radius 1 is 1.07 bits per heavy atom. The maximum atomic E-state index is 10.8. The van der Waals surface area contributed by atoms with E-state index in [0.29, 0.717) is 19.8 Å². The summed E-state index contributed by atoms with van der Waals surface area (Å²) in [5.41, 5.74) is 2.98. The van der Waals surface area contributed by atoms with Gasteiger partial charge in [0.1, 0.15) is 0 Å². The van der Waals surface area contributed by atoms with Crippen molar-refractivity contribution >= 4 is 20.8 Å². The maximum absolute atomic E-state index is 10.8. The number of carboxylic acids is 1. The summed E-state index contributed by atoms with van der Waals surface area (Å²) in [6.45, 7) is 16.8. The number of benzene rings is 1. The highest BCUT2D eigenvalue weighted by Crippen LogP contribution is 2.17. The van der Waals surface area contributed by atoms with E-state index in [1.807, 2.05) is 70.2 Å². The van der Waals surface area contributed by atoms with Crippen LogP contribution in [0.4, 0.5) is 0 Å². The number of allylic oxidation sites excluding steroid dienone is 1. The van der Waals surface area contributed by atoms with E-state index in [9.17, 15) is 4.79 Å². The van der Waals surface area contributed by atoms with E-state index >= 15 is 0 Å². The summed E-state index contributed by atoms with van der Waals surface area (Å²) < 4.78 is 16.3. The second-order valence-electron chi connectivity index (χ2n) is 5.72. The van der Waals surface area contributed by atoms with E-state index in [0.717, 1.165) is 12.0 Å². The summed E-state index contributed by atoms with van der Waals surface area (Å²) in [4.78, 5) is 10.8. The van der Waals surface area contributed by atoms with Gasteiger partial charge >= 0.3 is 14.8 Å². The molecule has 1 aromatic rings. The fourth-order valence-electron chi connectivity index (χ4n) is 2.35. The molecule has 0 spiro atoms. The monoisotopic (exact) mass is 406 g/mol. The van der Waals surface area contributed by atoms with Crippen LogP contribution in [0.15, 0.2) is 60.8 Å². The Hall–Kier alpha value is -1.99. The van der Waals surface area contributed by atoms with Gasteiger partial charge in [0.15, 0.2) is 0 Å². The van der Waals surface area contributed by atoms with E-state index in [4.69, 9.17) is 18.4 Å². The number of aliphatic carboxylic acids is 1. The molecule has 6 heteroatoms. The van der Waals surface area contributed by atoms with Crippen molar-refractivity contribution < 1.29 is 23.2 Å². The summed E-state index contributed by atoms with van der Waals surface area (Å²) in [5, 5.41) is 8.85. The van der Waals surface area contributed by atoms with Crippen LogP contribution in [0.25, 0.3) is 6.08 Å². The SMILES string of the molecule is C=C(C(=O)O)C(C=Cc1ccccc1)CC.C=C[Si](OCC)(OCC)OCC. The van der Waals surface area contributed by atoms with Crippen molar-refractivity contribution in [1.29, 1.82) is 0 Å². The molecule has 0 aromatic heterocycles. The number of rotatable bonds is 12. The highest BCUT2D eigenvalue weighted by molar-refractivity contribution is 6.66. The fraction of sp³-hybridized carbons (Fsp3) is 0.409. The lowest BCUT2D eigenvalue weighted by atomic mass is 9.96. The number of carbonyl (C=O) groups is 1. The summed E-state index contributed by atoms with van der Waals surface area (Å²) in [5.74, 6) is -1.03. The zero-order valence-corrected chi connectivity index (χ0v) is 18.5. The zero-order valence-electron chi connectivity index (χ0n) is 17.5. The smallest absolute Gasteiger partial charge is 0.478 e. The Labute approximate surface area is 170 Å². The van der Waals surface area contributed by atoms with E-state index in [2.05, 4.69) is 13.2 Å². The molecule has 0 amide bonds. The van der Waals surface area contributed by atoms with Gasteiger partial charge in [0.25, 0.3) is 0 Å². The normalized spacial score (nSPS) is 12.1. The molecule has 156 valence electrons. The lowest BCUT2D eigenvalue weighted by molar-refractivity contribution is -0.133. The highest BCUT2D eigenvalue weighted by atomic mass is 28.4. The Morgan fingerprint density at radius 2 is 1.57 bits per heavy atom. The van der Waals surface area contributed by atoms with Crippen molar-refractivity contribution in [3.8, 4) is 0 Å². The van der Waals surface area contributed by atoms with E-state index in [1.54, 1.807) is 5.70 Å². The van der Waals surface area contributed by atoms with Crippen molar-refractivity contribution in [2.75, 3.05) is 19.8 Å². The molecular weight excluding hydrogens is 372 g/mol. The average molecular weight is 407 g/mol. The van der Waals surface area contributed by atoms with E-state index in [-0.39, 0.29) is 11.5 Å². The van der Waals surface area contributed by atoms with Crippen molar-refractivity contribution in [3.63, 3.8) is 0 Å². The van der Waals surface area contributed by atoms with Gasteiger partial charge in [0.05, 0.1) is 0 Å². The molecule has 0 bridgehead atoms. The standard InChI is InChI=1S/C14H16O2.C8H18O3Si/c1-3-13(11(2)14(15)16)10-9-12-7-5-4-6-8-12;1-5-9-12(8-4,10-6-2)11-7-3/h4-10,13H,2-3H2,1H3,(H,15,16);8H,4-7H2,1-3H3. The minimum Gasteiger partial charge on any atom is -0.478 e. The molecule has 28 heavy (non-hydrogen) atoms. The molecule has 1 aromatic carbocycles. The van der Waals surface area contributed by atoms with Crippen LogP contribution < -0.4 is 0 Å². The molecule has 1 rings (SSSR count). The topological polar surface area (TPSA) is 65.0 Å². The summed E-state index contributed by atoms with van der Waals surface area (Å²) in [7, 11) is -2.51. The number of hydrogen-bond acceptors (Lipinski definition) is 4. The van der Waals surface area contributed by atoms with Crippen LogP contribution in [0.3, 0.4) is 0 Å². The zero-order chi connectivity index (χ0) is 21.4. The third kappa shape index (κ3) is 9.80. The Balaban J connectivity index is 0.000000546. The minimum absolute atomic E-state index is 0.0993. The van der Waals surface area contributed by atoms with Crippen LogP contribution in [-0.4, -0.2) is 39.7 Å². The first-order valence-electron chi connectivity index (χ1n) is 9.60. The summed E-state index contributed by atoms with van der Waals surface area (Å²) in [6, 6.07) is 9.81. The molecule has 0 aliphatic heterocycles. The van der Waals surface area contributed by atoms with Gasteiger partial charge in [-0.05, 0) is 38.5 Å². The van der Waals surface area contributed by atoms with Gasteiger partial charge in [-0.25, -0.2) is 4.79 Å². The average Bonchev–Trinajstić information content (AvgIpc) is 2.70. The van der Waals surface area contributed by atoms with Crippen molar-refractivity contribution in [3.05, 3.63) is 66.4 Å². The minimum atomic E-state index is -2.51. The molecule has 1 atom stereocenters. The van der Waals surface area contributed by atoms with Gasteiger partial charge in [-0.15, -0.1) is 0 Å². The lowest BCUT2D eigenvalue weighted by Gasteiger charge is -2.24. The third-order valence-electron chi connectivity index (χ3n) is 3.77. The summed E-state index contributed by atoms with van der Waals surface area (Å²) >= 11 is 0. The molecule has 0 fully saturated rings. The molecule has 1 unspecified atom stereocenters. The van der Waals surface area contributed by atoms with Crippen LogP contribution in [0, 0.1) is 5.92 Å². The molecule has 1 N–H and O–H groups in total. The molecule has 0 radical (unpaired) electrons. The van der Waals surface area contributed by atoms with E-state index < -0.39 is 14.8 Å². The number of hydrogen-bond donors (Lipinski definition) is 1. The van der Waals surface area contributed by atoms with Gasteiger partial charge in [0.2, 0.25) is 0 Å². The molecular formula is C22H34O5Si. The molecule has 0 aliphatic rings. The Kier molecular flexibility index (Phi) is 13.9. The molecule has 0 aliphatic carbocycles. The predicted octanol–water partition coefficient (Wildman–Crippen LogP) is 5.13. The van der Waals surface area contributed by atoms with Crippen LogP contribution in [0.2, 0.25) is 0 Å². The van der Waals surface area contributed by atoms with Gasteiger partial charge in [-0.2, -0.15) is 0 Å². The van der Waals surface area contributed by atoms with Gasteiger partial charge in [0, 0.05) is 31.3 Å². The fourth-order valence-corrected chi connectivity index (χ4v) is 4.16. The Morgan fingerprint density at radius 3 is 1.93 bits per heavy atom. The van der Waals surface area contributed by atoms with Crippen LogP contribution in [-0.2, 0) is 18.1 Å². The second kappa shape index (κ2) is 15.0. The number of carboxylic acid groups (broad SMARTS) is 1. The quantitative estimate of drug-likeness (QED) is 0.385. The van der Waals surface area contributed by atoms with Gasteiger partial charge in [-0.3, -0.25) is 0 Å². The predicted molar refractivity (Wildman–Crippen MR) is 117 cm³/mol. The Bertz CT molecular complexity index is 596. The van der Waals surface area contributed by atoms with Gasteiger partial charge in [-0.1, -0.05) is 62.6 Å². The van der Waals surface area contributed by atoms with Gasteiger partial charge < -0.3 is 18.4 Å². The molecule has 0 saturated carbocycles. The highest BCUT2D eigenvalue weighted by Gasteiger charge is 2.36. The summed E-state index contributed by atoms with van der Waals surface area (Å²) in [6.07, 6.45) is 4.57. The van der Waals surface area contributed by atoms with Crippen LogP contribution in [0.5, 0.6) is 0 Å². The van der Waals surface area contributed by atoms with Crippen molar-refractivity contribution in [2.24, 2.45) is 5.92 Å². The van der Waals surface area contributed by atoms with E-state index in [1.165, 1.54) is 0 Å². The lowest BCUT2D eigenvalue weighted by Crippen LogP contribution is -2.44. The van der Waals surface area contributed by atoms with Crippen LogP contribution in [0.1, 0.15) is 39.7 Å².